The predicted octanol–water partition coefficient (Wildman–Crippen LogP) is 3.12. The summed E-state index contributed by atoms with van der Waals surface area (Å²) in [5, 5.41) is 19.5. The van der Waals surface area contributed by atoms with Gasteiger partial charge in [0.1, 0.15) is 5.82 Å². The van der Waals surface area contributed by atoms with Gasteiger partial charge in [0.25, 0.3) is 0 Å². The van der Waals surface area contributed by atoms with E-state index in [9.17, 15) is 33.8 Å². The fourth-order valence-corrected chi connectivity index (χ4v) is 3.32. The minimum absolute atomic E-state index is 0.00304. The maximum Gasteiger partial charge on any atom is 0.365 e. The number of nitrogens with one attached hydrogen (secondary N) is 1. The molecule has 2 aromatic carbocycles. The number of carboxylic acids is 2. The van der Waals surface area contributed by atoms with Crippen LogP contribution in [0.2, 0.25) is 5.02 Å². The first kappa shape index (κ1) is 21.0. The van der Waals surface area contributed by atoms with Crippen LogP contribution in [-0.4, -0.2) is 38.9 Å². The quantitative estimate of drug-likeness (QED) is 0.309. The number of H-pyrrole nitrogens is 1. The highest BCUT2D eigenvalue weighted by Crippen LogP contribution is 2.38. The van der Waals surface area contributed by atoms with E-state index in [4.69, 9.17) is 16.3 Å². The molecule has 154 valence electrons. The molecule has 1 aromatic heterocycles. The highest BCUT2D eigenvalue weighted by atomic mass is 35.5. The first-order valence-electron chi connectivity index (χ1n) is 8.36. The zero-order chi connectivity index (χ0) is 22.2. The van der Waals surface area contributed by atoms with Crippen LogP contribution in [-0.2, 0) is 24.7 Å². The molecule has 0 aliphatic carbocycles. The molecule has 30 heavy (non-hydrogen) atoms. The number of ketones is 1. The van der Waals surface area contributed by atoms with Crippen molar-refractivity contribution in [3.63, 3.8) is 0 Å². The van der Waals surface area contributed by atoms with E-state index in [0.717, 1.165) is 19.1 Å². The molecule has 0 saturated carbocycles. The van der Waals surface area contributed by atoms with Crippen molar-refractivity contribution in [2.45, 2.75) is 12.5 Å². The molecule has 3 N–H and O–H groups in total. The predicted molar refractivity (Wildman–Crippen MR) is 102 cm³/mol. The minimum atomic E-state index is -3.30. The lowest BCUT2D eigenvalue weighted by atomic mass is 9.88. The monoisotopic (exact) mass is 433 g/mol. The van der Waals surface area contributed by atoms with Crippen molar-refractivity contribution >= 4 is 46.2 Å². The third kappa shape index (κ3) is 3.39. The van der Waals surface area contributed by atoms with E-state index in [1.165, 1.54) is 30.3 Å². The molecule has 0 aliphatic rings. The van der Waals surface area contributed by atoms with E-state index in [2.05, 4.69) is 4.98 Å². The average molecular weight is 434 g/mol. The summed E-state index contributed by atoms with van der Waals surface area (Å²) < 4.78 is 18.7. The van der Waals surface area contributed by atoms with Gasteiger partial charge in [-0.3, -0.25) is 9.59 Å². The topological polar surface area (TPSA) is 134 Å². The normalized spacial score (nSPS) is 11.3. The molecule has 8 nitrogen and oxygen atoms in total. The third-order valence-corrected chi connectivity index (χ3v) is 4.56. The van der Waals surface area contributed by atoms with Crippen LogP contribution in [0, 0.1) is 5.82 Å². The van der Waals surface area contributed by atoms with Gasteiger partial charge in [0, 0.05) is 28.4 Å². The number of benzene rings is 2. The molecule has 0 unspecified atom stereocenters. The van der Waals surface area contributed by atoms with Gasteiger partial charge in [-0.25, -0.2) is 14.0 Å². The Morgan fingerprint density at radius 2 is 1.73 bits per heavy atom. The van der Waals surface area contributed by atoms with Crippen LogP contribution < -0.4 is 0 Å². The number of hydrogen-bond acceptors (Lipinski definition) is 5. The Kier molecular flexibility index (Phi) is 5.32. The Morgan fingerprint density at radius 1 is 1.07 bits per heavy atom. The molecule has 0 saturated heterocycles. The number of fused-ring (bicyclic) bond motifs is 1. The van der Waals surface area contributed by atoms with Crippen molar-refractivity contribution < 1.29 is 38.5 Å². The van der Waals surface area contributed by atoms with E-state index >= 15 is 0 Å². The van der Waals surface area contributed by atoms with E-state index in [1.54, 1.807) is 0 Å². The second kappa shape index (κ2) is 7.60. The first-order chi connectivity index (χ1) is 14.1. The summed E-state index contributed by atoms with van der Waals surface area (Å²) >= 11 is 5.91. The molecule has 0 bridgehead atoms. The molecule has 0 spiro atoms. The van der Waals surface area contributed by atoms with Crippen LogP contribution in [0.1, 0.15) is 28.5 Å². The Morgan fingerprint density at radius 3 is 2.30 bits per heavy atom. The van der Waals surface area contributed by atoms with E-state index in [0.29, 0.717) is 0 Å². The summed E-state index contributed by atoms with van der Waals surface area (Å²) in [6.45, 7) is 0.814. The third-order valence-electron chi connectivity index (χ3n) is 4.33. The SMILES string of the molecule is CC(=O)OC(C(=O)O)(C(=O)O)c1c(C(=O)c2cccc(Cl)c2)[nH]c2ccc(F)cc12. The van der Waals surface area contributed by atoms with Gasteiger partial charge in [-0.05, 0) is 30.3 Å². The van der Waals surface area contributed by atoms with Crippen LogP contribution in [0.15, 0.2) is 42.5 Å². The van der Waals surface area contributed by atoms with Gasteiger partial charge in [0.2, 0.25) is 5.78 Å². The standard InChI is InChI=1S/C20H13ClFNO7/c1-9(24)30-20(18(26)27,19(28)29)15-13-8-12(22)5-6-14(13)23-16(15)17(25)10-3-2-4-11(21)7-10/h2-8,23H,1H3,(H,26,27)(H,28,29). The van der Waals surface area contributed by atoms with Crippen molar-refractivity contribution in [3.05, 3.63) is 70.1 Å². The van der Waals surface area contributed by atoms with E-state index in [1.807, 2.05) is 0 Å². The second-order valence-corrected chi connectivity index (χ2v) is 6.73. The van der Waals surface area contributed by atoms with Crippen LogP contribution in [0.3, 0.4) is 0 Å². The van der Waals surface area contributed by atoms with Crippen LogP contribution in [0.25, 0.3) is 10.9 Å². The number of aromatic amines is 1. The van der Waals surface area contributed by atoms with Crippen molar-refractivity contribution in [2.24, 2.45) is 0 Å². The summed E-state index contributed by atoms with van der Waals surface area (Å²) in [7, 11) is 0. The fourth-order valence-electron chi connectivity index (χ4n) is 3.13. The summed E-state index contributed by atoms with van der Waals surface area (Å²) in [5.74, 6) is -7.03. The molecule has 3 rings (SSSR count). The number of halogens is 2. The lowest BCUT2D eigenvalue weighted by Gasteiger charge is -2.25. The Labute approximate surface area is 172 Å². The zero-order valence-corrected chi connectivity index (χ0v) is 16.0. The van der Waals surface area contributed by atoms with Crippen molar-refractivity contribution in [3.8, 4) is 0 Å². The molecule has 0 atom stereocenters. The van der Waals surface area contributed by atoms with Crippen LogP contribution >= 0.6 is 11.6 Å². The first-order valence-corrected chi connectivity index (χ1v) is 8.74. The number of aliphatic carboxylic acids is 2. The maximum absolute atomic E-state index is 13.9. The Hall–Kier alpha value is -3.72. The van der Waals surface area contributed by atoms with Gasteiger partial charge in [0.05, 0.1) is 11.3 Å². The van der Waals surface area contributed by atoms with E-state index in [-0.39, 0.29) is 21.5 Å². The number of aromatic nitrogens is 1. The average Bonchev–Trinajstić information content (AvgIpc) is 3.03. The minimum Gasteiger partial charge on any atom is -0.478 e. The molecule has 0 fully saturated rings. The molecule has 3 aromatic rings. The maximum atomic E-state index is 13.9. The molecule has 1 heterocycles. The number of ether oxygens (including phenoxy) is 1. The number of rotatable bonds is 6. The van der Waals surface area contributed by atoms with Crippen LogP contribution in [0.5, 0.6) is 0 Å². The zero-order valence-electron chi connectivity index (χ0n) is 15.2. The molecule has 0 radical (unpaired) electrons. The Bertz CT molecular complexity index is 1200. The number of esters is 1. The van der Waals surface area contributed by atoms with Crippen molar-refractivity contribution in [2.75, 3.05) is 0 Å². The van der Waals surface area contributed by atoms with Crippen LogP contribution in [0.4, 0.5) is 4.39 Å². The lowest BCUT2D eigenvalue weighted by molar-refractivity contribution is -0.191. The van der Waals surface area contributed by atoms with Gasteiger partial charge >= 0.3 is 23.5 Å². The highest BCUT2D eigenvalue weighted by Gasteiger charge is 2.56. The number of hydrogen-bond donors (Lipinski definition) is 3. The van der Waals surface area contributed by atoms with Gasteiger partial charge in [-0.15, -0.1) is 0 Å². The highest BCUT2D eigenvalue weighted by molar-refractivity contribution is 6.31. The van der Waals surface area contributed by atoms with Gasteiger partial charge in [-0.1, -0.05) is 23.7 Å². The molecule has 0 aliphatic heterocycles. The summed E-state index contributed by atoms with van der Waals surface area (Å²) in [6.07, 6.45) is 0. The number of carboxylic acid groups (broad SMARTS) is 2. The van der Waals surface area contributed by atoms with Crippen molar-refractivity contribution in [1.82, 2.24) is 4.98 Å². The summed E-state index contributed by atoms with van der Waals surface area (Å²) in [5.41, 5.74) is -4.44. The Balaban J connectivity index is 2.44. The van der Waals surface area contributed by atoms with Crippen molar-refractivity contribution in [1.29, 1.82) is 0 Å². The largest absolute Gasteiger partial charge is 0.478 e. The number of carbonyl (C=O) groups excluding carboxylic acids is 2. The molecule has 10 heteroatoms. The molecular formula is C20H13ClFNO7. The molecule has 0 amide bonds. The lowest BCUT2D eigenvalue weighted by Crippen LogP contribution is -2.48. The van der Waals surface area contributed by atoms with Gasteiger partial charge in [0.15, 0.2) is 0 Å². The van der Waals surface area contributed by atoms with Gasteiger partial charge in [-0.2, -0.15) is 0 Å². The summed E-state index contributed by atoms with van der Waals surface area (Å²) in [4.78, 5) is 51.6. The fraction of sp³-hybridized carbons (Fsp3) is 0.100. The smallest absolute Gasteiger partial charge is 0.365 e. The summed E-state index contributed by atoms with van der Waals surface area (Å²) in [6, 6.07) is 8.70. The van der Waals surface area contributed by atoms with Gasteiger partial charge < -0.3 is 19.9 Å². The van der Waals surface area contributed by atoms with E-state index < -0.39 is 46.4 Å². The number of carbonyl (C=O) groups is 4. The second-order valence-electron chi connectivity index (χ2n) is 6.29. The molecular weight excluding hydrogens is 421 g/mol.